The van der Waals surface area contributed by atoms with Crippen molar-refractivity contribution in [3.05, 3.63) is 51.8 Å². The molecule has 4 heteroatoms. The maximum Gasteiger partial charge on any atom is -0.147 e. The van der Waals surface area contributed by atoms with Crippen LogP contribution in [0, 0.1) is 0 Å². The van der Waals surface area contributed by atoms with Gasteiger partial charge in [-0.05, 0) is 0 Å². The first-order chi connectivity index (χ1) is 12.0. The standard InChI is InChI=1S/C8H6N.C5H5.2C4H9.5CH3.2ClH.Zr/c1-2-4-8-7(3-1)5-6-9-8;1-2-4-5-3-1;2*1-4(2)3;;;;;;;;/h1-5,9H;1-3H,4H2;2*1-3H3;5*1H3;2*1H;. The molecular formula is C26H46Cl2NZr. The summed E-state index contributed by atoms with van der Waals surface area (Å²) < 4.78 is 16.5. The van der Waals surface area contributed by atoms with Gasteiger partial charge in [-0.1, -0.05) is 0 Å². The van der Waals surface area contributed by atoms with Crippen LogP contribution in [0.15, 0.2) is 51.8 Å². The second-order valence-corrected chi connectivity index (χ2v) is 82.0. The third-order valence-corrected chi connectivity index (χ3v) is 84.3. The molecule has 0 spiro atoms. The van der Waals surface area contributed by atoms with Gasteiger partial charge in [0.15, 0.2) is 0 Å². The molecule has 0 bridgehead atoms. The Labute approximate surface area is 185 Å². The zero-order valence-corrected chi connectivity index (χ0v) is 25.2. The van der Waals surface area contributed by atoms with Crippen LogP contribution in [0.3, 0.4) is 0 Å². The van der Waals surface area contributed by atoms with Crippen molar-refractivity contribution in [3.8, 4) is 0 Å². The van der Waals surface area contributed by atoms with Gasteiger partial charge in [-0.3, -0.25) is 0 Å². The van der Waals surface area contributed by atoms with E-state index in [0.717, 1.165) is 6.42 Å². The van der Waals surface area contributed by atoms with Crippen LogP contribution in [0.2, 0.25) is 29.4 Å². The normalized spacial score (nSPS) is 22.1. The number of hydrogen-bond donors (Lipinski definition) is 1. The molecular weight excluding hydrogens is 488 g/mol. The molecule has 3 rings (SSSR count). The number of fused-ring (bicyclic) bond motifs is 1. The van der Waals surface area contributed by atoms with Crippen molar-refractivity contribution >= 4 is 39.1 Å². The topological polar surface area (TPSA) is 15.8 Å². The third-order valence-electron chi connectivity index (χ3n) is 15.9. The summed E-state index contributed by atoms with van der Waals surface area (Å²) in [5.41, 5.74) is 1.23. The molecule has 1 aromatic carbocycles. The van der Waals surface area contributed by atoms with E-state index in [1.54, 1.807) is 3.28 Å². The molecule has 0 fully saturated rings. The minimum Gasteiger partial charge on any atom is -0.147 e. The molecule has 0 aliphatic heterocycles. The van der Waals surface area contributed by atoms with Crippen LogP contribution in [0.1, 0.15) is 48.0 Å². The van der Waals surface area contributed by atoms with Gasteiger partial charge >= 0.3 is 161 Å². The second-order valence-electron chi connectivity index (χ2n) is 18.8. The van der Waals surface area contributed by atoms with Gasteiger partial charge in [0.25, 0.3) is 0 Å². The van der Waals surface area contributed by atoms with Crippen molar-refractivity contribution in [3.63, 3.8) is 0 Å². The SMILES string of the molecule is C[C](C)(C)[Zr]([CH3])([CH3])([CH3])([CH3])([CH3])([C]1=CC=CC1)([c]1cc2ccccc2[nH]1)[C](C)(C)C.Cl.Cl. The van der Waals surface area contributed by atoms with E-state index in [9.17, 15) is 0 Å². The fraction of sp³-hybridized carbons (Fsp3) is 0.538. The number of rotatable bonds is 2. The minimum atomic E-state index is -6.05. The van der Waals surface area contributed by atoms with Gasteiger partial charge in [0.1, 0.15) is 0 Å². The molecule has 0 amide bonds. The first-order valence-corrected chi connectivity index (χ1v) is 28.3. The molecule has 0 atom stereocenters. The number of hydrogen-bond acceptors (Lipinski definition) is 0. The maximum atomic E-state index is 4.03. The summed E-state index contributed by atoms with van der Waals surface area (Å²) in [6.07, 6.45) is 8.09. The molecule has 0 saturated heterocycles. The van der Waals surface area contributed by atoms with Crippen LogP contribution < -0.4 is 3.40 Å². The first-order valence-electron chi connectivity index (χ1n) is 11.1. The molecule has 30 heavy (non-hydrogen) atoms. The molecule has 173 valence electrons. The fourth-order valence-electron chi connectivity index (χ4n) is 6.67. The zero-order valence-electron chi connectivity index (χ0n) is 21.1. The quantitative estimate of drug-likeness (QED) is 0.394. The summed E-state index contributed by atoms with van der Waals surface area (Å²) in [5, 5.41) is 1.30. The monoisotopic (exact) mass is 532 g/mol. The summed E-state index contributed by atoms with van der Waals surface area (Å²) in [6, 6.07) is 11.2. The molecule has 2 aromatic rings. The van der Waals surface area contributed by atoms with Crippen LogP contribution in [-0.2, 0) is 12.8 Å². The van der Waals surface area contributed by atoms with Gasteiger partial charge in [-0.2, -0.15) is 0 Å². The summed E-state index contributed by atoms with van der Waals surface area (Å²) in [6.45, 7) is 15.0. The van der Waals surface area contributed by atoms with Crippen LogP contribution in [-0.4, -0.2) is 4.98 Å². The number of aromatic nitrogens is 1. The molecule has 1 aliphatic rings. The molecule has 0 saturated carbocycles. The second kappa shape index (κ2) is 4.53. The van der Waals surface area contributed by atoms with E-state index >= 15 is 0 Å². The maximum absolute atomic E-state index is 6.05. The Hall–Kier alpha value is -0.297. The third kappa shape index (κ3) is 1.77. The number of H-pyrrole nitrogens is 1. The Morgan fingerprint density at radius 1 is 0.800 bits per heavy atom. The van der Waals surface area contributed by atoms with E-state index < -0.39 is 12.8 Å². The van der Waals surface area contributed by atoms with Gasteiger partial charge in [0.2, 0.25) is 0 Å². The van der Waals surface area contributed by atoms with Gasteiger partial charge in [0, 0.05) is 0 Å². The number of aromatic amines is 1. The van der Waals surface area contributed by atoms with Crippen LogP contribution in [0.25, 0.3) is 10.9 Å². The Morgan fingerprint density at radius 3 is 1.70 bits per heavy atom. The molecule has 1 heterocycles. The van der Waals surface area contributed by atoms with Crippen LogP contribution >= 0.6 is 24.8 Å². The van der Waals surface area contributed by atoms with Crippen LogP contribution in [0.4, 0.5) is 0 Å². The molecule has 1 N–H and O–H groups in total. The minimum absolute atomic E-state index is 0. The van der Waals surface area contributed by atoms with Crippen molar-refractivity contribution in [2.24, 2.45) is 0 Å². The van der Waals surface area contributed by atoms with E-state index in [4.69, 9.17) is 0 Å². The van der Waals surface area contributed by atoms with E-state index in [1.165, 1.54) is 14.3 Å². The first kappa shape index (κ1) is 27.7. The fourth-order valence-corrected chi connectivity index (χ4v) is 33.2. The molecule has 1 aliphatic carbocycles. The van der Waals surface area contributed by atoms with E-state index in [-0.39, 0.29) is 31.1 Å². The van der Waals surface area contributed by atoms with Crippen molar-refractivity contribution < 1.29 is 12.8 Å². The van der Waals surface area contributed by atoms with Gasteiger partial charge in [0.05, 0.1) is 0 Å². The summed E-state index contributed by atoms with van der Waals surface area (Å²) in [4.78, 5) is 4.03. The Balaban J connectivity index is 0.00000225. The van der Waals surface area contributed by atoms with Gasteiger partial charge in [-0.15, -0.1) is 24.8 Å². The summed E-state index contributed by atoms with van der Waals surface area (Å²) in [5.74, 6) is 0. The van der Waals surface area contributed by atoms with Crippen LogP contribution in [0.5, 0.6) is 0 Å². The van der Waals surface area contributed by atoms with E-state index in [0.29, 0.717) is 0 Å². The summed E-state index contributed by atoms with van der Waals surface area (Å²) >= 11 is -6.05. The molecule has 0 unspecified atom stereocenters. The Bertz CT molecular complexity index is 1120. The van der Waals surface area contributed by atoms with Crippen molar-refractivity contribution in [2.45, 2.75) is 77.4 Å². The molecule has 1 nitrogen and oxygen atoms in total. The number of halogens is 2. The number of benzene rings is 1. The van der Waals surface area contributed by atoms with E-state index in [1.807, 2.05) is 0 Å². The molecule has 0 radical (unpaired) electrons. The van der Waals surface area contributed by atoms with E-state index in [2.05, 4.69) is 118 Å². The van der Waals surface area contributed by atoms with Gasteiger partial charge in [-0.25, -0.2) is 0 Å². The average Bonchev–Trinajstić information content (AvgIpc) is 3.16. The predicted octanol–water partition coefficient (Wildman–Crippen LogP) is 9.99. The summed E-state index contributed by atoms with van der Waals surface area (Å²) in [7, 11) is 0. The number of allylic oxidation sites excluding steroid dienone is 4. The zero-order chi connectivity index (χ0) is 21.7. The Kier molecular flexibility index (Phi) is 4.19. The van der Waals surface area contributed by atoms with Crippen molar-refractivity contribution in [2.75, 3.05) is 0 Å². The Morgan fingerprint density at radius 2 is 1.30 bits per heavy atom. The number of para-hydroxylation sites is 1. The predicted molar refractivity (Wildman–Crippen MR) is 143 cm³/mol. The largest absolute Gasteiger partial charge is 0.147 e. The van der Waals surface area contributed by atoms with Crippen molar-refractivity contribution in [1.82, 2.24) is 4.98 Å². The average molecular weight is 535 g/mol. The van der Waals surface area contributed by atoms with Crippen molar-refractivity contribution in [1.29, 1.82) is 0 Å². The smallest absolute Gasteiger partial charge is 0.147 e. The molecule has 1 aromatic heterocycles. The van der Waals surface area contributed by atoms with Gasteiger partial charge < -0.3 is 0 Å². The number of nitrogens with one attached hydrogen (secondary N) is 1.